The standard InChI is InChI=1S/C25H27N5O2/c1-16-8-9-18(13-21(16)29-24(31)17-5-2-3-6-17)25(32)30-12-10-20-22(28-15-27-20)23(30)19-7-4-11-26-14-19/h4,7-9,11,13-15,17,23H,2-3,5-6,10,12H2,1H3,(H,27,28)(H,29,31). The number of amides is 2. The van der Waals surface area contributed by atoms with E-state index in [1.807, 2.05) is 42.2 Å². The number of imidazole rings is 1. The van der Waals surface area contributed by atoms with Gasteiger partial charge in [0.05, 0.1) is 12.0 Å². The molecule has 1 aliphatic carbocycles. The zero-order valence-corrected chi connectivity index (χ0v) is 18.2. The molecule has 2 aromatic heterocycles. The van der Waals surface area contributed by atoms with Crippen LogP contribution in [0.25, 0.3) is 0 Å². The zero-order chi connectivity index (χ0) is 22.1. The Morgan fingerprint density at radius 2 is 2.03 bits per heavy atom. The summed E-state index contributed by atoms with van der Waals surface area (Å²) in [5.74, 6) is 0.0512. The van der Waals surface area contributed by atoms with E-state index in [0.29, 0.717) is 17.8 Å². The molecule has 1 fully saturated rings. The number of hydrogen-bond acceptors (Lipinski definition) is 4. The highest BCUT2D eigenvalue weighted by atomic mass is 16.2. The molecule has 0 bridgehead atoms. The first kappa shape index (κ1) is 20.4. The molecule has 7 nitrogen and oxygen atoms in total. The molecule has 5 rings (SSSR count). The first-order valence-electron chi connectivity index (χ1n) is 11.3. The van der Waals surface area contributed by atoms with E-state index >= 15 is 0 Å². The number of carbonyl (C=O) groups excluding carboxylic acids is 2. The minimum absolute atomic E-state index is 0.0579. The Morgan fingerprint density at radius 3 is 2.81 bits per heavy atom. The molecule has 1 saturated carbocycles. The molecule has 7 heteroatoms. The van der Waals surface area contributed by atoms with E-state index in [9.17, 15) is 9.59 Å². The molecule has 1 unspecified atom stereocenters. The van der Waals surface area contributed by atoms with E-state index < -0.39 is 0 Å². The number of aromatic nitrogens is 3. The third-order valence-corrected chi connectivity index (χ3v) is 6.65. The smallest absolute Gasteiger partial charge is 0.254 e. The van der Waals surface area contributed by atoms with Crippen LogP contribution >= 0.6 is 0 Å². The van der Waals surface area contributed by atoms with Gasteiger partial charge in [0.25, 0.3) is 5.91 Å². The Labute approximate surface area is 187 Å². The number of anilines is 1. The van der Waals surface area contributed by atoms with Crippen LogP contribution in [0.1, 0.15) is 64.6 Å². The van der Waals surface area contributed by atoms with Crippen molar-refractivity contribution in [1.82, 2.24) is 19.9 Å². The Kier molecular flexibility index (Phi) is 5.47. The normalized spacial score (nSPS) is 18.4. The fourth-order valence-corrected chi connectivity index (χ4v) is 4.85. The number of rotatable bonds is 4. The number of pyridine rings is 1. The van der Waals surface area contributed by atoms with Crippen LogP contribution in [0.15, 0.2) is 49.1 Å². The lowest BCUT2D eigenvalue weighted by atomic mass is 9.95. The number of nitrogens with zero attached hydrogens (tertiary/aromatic N) is 3. The number of carbonyl (C=O) groups is 2. The maximum atomic E-state index is 13.7. The molecule has 1 aliphatic heterocycles. The molecule has 2 N–H and O–H groups in total. The molecule has 3 aromatic rings. The summed E-state index contributed by atoms with van der Waals surface area (Å²) >= 11 is 0. The average molecular weight is 430 g/mol. The SMILES string of the molecule is Cc1ccc(C(=O)N2CCc3[nH]cnc3C2c2cccnc2)cc1NC(=O)C1CCCC1. The maximum Gasteiger partial charge on any atom is 0.254 e. The van der Waals surface area contributed by atoms with Gasteiger partial charge in [0, 0.05) is 48.2 Å². The van der Waals surface area contributed by atoms with Crippen LogP contribution in [-0.4, -0.2) is 38.2 Å². The predicted octanol–water partition coefficient (Wildman–Crippen LogP) is 4.03. The molecular weight excluding hydrogens is 402 g/mol. The molecule has 2 amide bonds. The quantitative estimate of drug-likeness (QED) is 0.655. The predicted molar refractivity (Wildman–Crippen MR) is 121 cm³/mol. The average Bonchev–Trinajstić information content (AvgIpc) is 3.52. The van der Waals surface area contributed by atoms with Crippen molar-refractivity contribution < 1.29 is 9.59 Å². The molecule has 3 heterocycles. The van der Waals surface area contributed by atoms with Crippen molar-refractivity contribution in [2.24, 2.45) is 5.92 Å². The monoisotopic (exact) mass is 429 g/mol. The van der Waals surface area contributed by atoms with Crippen LogP contribution in [-0.2, 0) is 11.2 Å². The van der Waals surface area contributed by atoms with E-state index in [2.05, 4.69) is 20.3 Å². The van der Waals surface area contributed by atoms with Gasteiger partial charge in [-0.25, -0.2) is 4.98 Å². The Balaban J connectivity index is 1.44. The van der Waals surface area contributed by atoms with Crippen molar-refractivity contribution in [2.75, 3.05) is 11.9 Å². The van der Waals surface area contributed by atoms with Crippen LogP contribution in [0.2, 0.25) is 0 Å². The number of aryl methyl sites for hydroxylation is 1. The summed E-state index contributed by atoms with van der Waals surface area (Å²) < 4.78 is 0. The van der Waals surface area contributed by atoms with Gasteiger partial charge in [-0.3, -0.25) is 14.6 Å². The summed E-state index contributed by atoms with van der Waals surface area (Å²) in [4.78, 5) is 40.2. The molecule has 32 heavy (non-hydrogen) atoms. The second kappa shape index (κ2) is 8.57. The first-order chi connectivity index (χ1) is 15.6. The summed E-state index contributed by atoms with van der Waals surface area (Å²) in [6, 6.07) is 9.10. The summed E-state index contributed by atoms with van der Waals surface area (Å²) in [6.07, 6.45) is 10.0. The fourth-order valence-electron chi connectivity index (χ4n) is 4.85. The van der Waals surface area contributed by atoms with E-state index in [4.69, 9.17) is 0 Å². The van der Waals surface area contributed by atoms with Crippen molar-refractivity contribution in [3.8, 4) is 0 Å². The van der Waals surface area contributed by atoms with Crippen LogP contribution in [0, 0.1) is 12.8 Å². The second-order valence-electron chi connectivity index (χ2n) is 8.70. The molecule has 0 radical (unpaired) electrons. The van der Waals surface area contributed by atoms with Crippen molar-refractivity contribution in [2.45, 2.75) is 45.1 Å². The lowest BCUT2D eigenvalue weighted by molar-refractivity contribution is -0.119. The van der Waals surface area contributed by atoms with Gasteiger partial charge in [0.15, 0.2) is 0 Å². The van der Waals surface area contributed by atoms with Crippen LogP contribution < -0.4 is 5.32 Å². The number of aromatic amines is 1. The van der Waals surface area contributed by atoms with Crippen molar-refractivity contribution in [1.29, 1.82) is 0 Å². The summed E-state index contributed by atoms with van der Waals surface area (Å²) in [6.45, 7) is 2.53. The topological polar surface area (TPSA) is 91.0 Å². The highest BCUT2D eigenvalue weighted by molar-refractivity contribution is 5.98. The fraction of sp³-hybridized carbons (Fsp3) is 0.360. The number of H-pyrrole nitrogens is 1. The van der Waals surface area contributed by atoms with Crippen LogP contribution in [0.3, 0.4) is 0 Å². The van der Waals surface area contributed by atoms with Gasteiger partial charge >= 0.3 is 0 Å². The van der Waals surface area contributed by atoms with Crippen molar-refractivity contribution >= 4 is 17.5 Å². The maximum absolute atomic E-state index is 13.7. The Bertz CT molecular complexity index is 1130. The van der Waals surface area contributed by atoms with Gasteiger partial charge in [-0.15, -0.1) is 0 Å². The van der Waals surface area contributed by atoms with Crippen LogP contribution in [0.5, 0.6) is 0 Å². The number of hydrogen-bond donors (Lipinski definition) is 2. The Morgan fingerprint density at radius 1 is 1.19 bits per heavy atom. The minimum atomic E-state index is -0.302. The summed E-state index contributed by atoms with van der Waals surface area (Å²) in [5, 5.41) is 3.07. The van der Waals surface area contributed by atoms with Gasteiger partial charge in [0.1, 0.15) is 6.04 Å². The van der Waals surface area contributed by atoms with Gasteiger partial charge in [-0.05, 0) is 49.1 Å². The van der Waals surface area contributed by atoms with Gasteiger partial charge in [-0.1, -0.05) is 25.0 Å². The summed E-state index contributed by atoms with van der Waals surface area (Å²) in [5.41, 5.74) is 5.06. The van der Waals surface area contributed by atoms with Gasteiger partial charge in [-0.2, -0.15) is 0 Å². The molecule has 2 aliphatic rings. The van der Waals surface area contributed by atoms with Crippen molar-refractivity contribution in [3.63, 3.8) is 0 Å². The van der Waals surface area contributed by atoms with Crippen LogP contribution in [0.4, 0.5) is 5.69 Å². The molecule has 1 aromatic carbocycles. The first-order valence-corrected chi connectivity index (χ1v) is 11.3. The number of nitrogens with one attached hydrogen (secondary N) is 2. The van der Waals surface area contributed by atoms with E-state index in [1.165, 1.54) is 0 Å². The number of benzene rings is 1. The third-order valence-electron chi connectivity index (χ3n) is 6.65. The van der Waals surface area contributed by atoms with Crippen molar-refractivity contribution in [3.05, 3.63) is 77.1 Å². The van der Waals surface area contributed by atoms with Gasteiger partial charge < -0.3 is 15.2 Å². The molecule has 1 atom stereocenters. The molecule has 0 spiro atoms. The second-order valence-corrected chi connectivity index (χ2v) is 8.70. The minimum Gasteiger partial charge on any atom is -0.348 e. The third kappa shape index (κ3) is 3.79. The lowest BCUT2D eigenvalue weighted by Gasteiger charge is -2.35. The number of fused-ring (bicyclic) bond motifs is 1. The molecule has 164 valence electrons. The van der Waals surface area contributed by atoms with Gasteiger partial charge in [0.2, 0.25) is 5.91 Å². The van der Waals surface area contributed by atoms with E-state index in [0.717, 1.165) is 54.6 Å². The summed E-state index contributed by atoms with van der Waals surface area (Å²) in [7, 11) is 0. The lowest BCUT2D eigenvalue weighted by Crippen LogP contribution is -2.40. The largest absolute Gasteiger partial charge is 0.348 e. The molecule has 0 saturated heterocycles. The highest BCUT2D eigenvalue weighted by Crippen LogP contribution is 2.34. The molecular formula is C25H27N5O2. The van der Waals surface area contributed by atoms with E-state index in [-0.39, 0.29) is 23.8 Å². The zero-order valence-electron chi connectivity index (χ0n) is 18.2. The van der Waals surface area contributed by atoms with E-state index in [1.54, 1.807) is 18.7 Å². The highest BCUT2D eigenvalue weighted by Gasteiger charge is 2.35. The Hall–Kier alpha value is -3.48.